The van der Waals surface area contributed by atoms with Gasteiger partial charge in [0, 0.05) is 12.1 Å². The van der Waals surface area contributed by atoms with Gasteiger partial charge in [-0.05, 0) is 70.9 Å². The Morgan fingerprint density at radius 2 is 1.56 bits per heavy atom. The van der Waals surface area contributed by atoms with Gasteiger partial charge in [0.05, 0.1) is 11.4 Å². The summed E-state index contributed by atoms with van der Waals surface area (Å²) in [6, 6.07) is 14.3. The monoisotopic (exact) mass is 437 g/mol. The molecule has 32 heavy (non-hydrogen) atoms. The normalized spacial score (nSPS) is 11.1. The van der Waals surface area contributed by atoms with E-state index in [2.05, 4.69) is 16.0 Å². The van der Waals surface area contributed by atoms with Crippen molar-refractivity contribution < 1.29 is 19.1 Å². The fraction of sp³-hybridized carbons (Fsp3) is 0.320. The van der Waals surface area contributed by atoms with Crippen LogP contribution < -0.4 is 16.0 Å². The standard InChI is InChI=1S/C25H31N3O4/c1-18-13-15-19(16-14-18)23(30)26-17-9-5-6-12-22(29)27-20-10-7-8-11-21(20)28-24(31)32-25(2,3)4/h6-8,10-16H,5,9,17H2,1-4H3,(H,26,30)(H,27,29)(H,28,31). The summed E-state index contributed by atoms with van der Waals surface area (Å²) in [6.07, 6.45) is 3.93. The molecule has 2 aromatic rings. The van der Waals surface area contributed by atoms with Crippen molar-refractivity contribution >= 4 is 29.3 Å². The largest absolute Gasteiger partial charge is 0.444 e. The zero-order valence-corrected chi connectivity index (χ0v) is 19.0. The fourth-order valence-corrected chi connectivity index (χ4v) is 2.71. The van der Waals surface area contributed by atoms with Crippen LogP contribution in [-0.4, -0.2) is 30.1 Å². The first kappa shape index (κ1) is 24.7. The van der Waals surface area contributed by atoms with Gasteiger partial charge in [0.15, 0.2) is 0 Å². The van der Waals surface area contributed by atoms with E-state index in [9.17, 15) is 14.4 Å². The molecule has 0 bridgehead atoms. The zero-order valence-electron chi connectivity index (χ0n) is 19.0. The highest BCUT2D eigenvalue weighted by molar-refractivity contribution is 6.03. The SMILES string of the molecule is Cc1ccc(C(=O)NCCCC=CC(=O)Nc2ccccc2NC(=O)OC(C)(C)C)cc1. The lowest BCUT2D eigenvalue weighted by Crippen LogP contribution is -2.27. The van der Waals surface area contributed by atoms with E-state index in [-0.39, 0.29) is 11.8 Å². The van der Waals surface area contributed by atoms with Crippen molar-refractivity contribution in [3.63, 3.8) is 0 Å². The molecule has 0 saturated carbocycles. The first-order chi connectivity index (χ1) is 15.1. The molecule has 0 saturated heterocycles. The summed E-state index contributed by atoms with van der Waals surface area (Å²) in [6.45, 7) is 7.82. The van der Waals surface area contributed by atoms with E-state index < -0.39 is 11.7 Å². The summed E-state index contributed by atoms with van der Waals surface area (Å²) >= 11 is 0. The molecule has 170 valence electrons. The maximum absolute atomic E-state index is 12.2. The molecular formula is C25H31N3O4. The Morgan fingerprint density at radius 1 is 0.938 bits per heavy atom. The highest BCUT2D eigenvalue weighted by Gasteiger charge is 2.17. The minimum atomic E-state index is -0.620. The number of rotatable bonds is 8. The predicted octanol–water partition coefficient (Wildman–Crippen LogP) is 5.05. The Hall–Kier alpha value is -3.61. The number of nitrogens with one attached hydrogen (secondary N) is 3. The summed E-state index contributed by atoms with van der Waals surface area (Å²) < 4.78 is 5.25. The number of benzene rings is 2. The van der Waals surface area contributed by atoms with E-state index in [1.165, 1.54) is 6.08 Å². The molecule has 0 heterocycles. The smallest absolute Gasteiger partial charge is 0.412 e. The summed E-state index contributed by atoms with van der Waals surface area (Å²) in [5.41, 5.74) is 2.03. The van der Waals surface area contributed by atoms with Crippen LogP contribution in [0.5, 0.6) is 0 Å². The van der Waals surface area contributed by atoms with Crippen molar-refractivity contribution in [2.75, 3.05) is 17.2 Å². The van der Waals surface area contributed by atoms with Gasteiger partial charge < -0.3 is 15.4 Å². The van der Waals surface area contributed by atoms with E-state index in [4.69, 9.17) is 4.74 Å². The quantitative estimate of drug-likeness (QED) is 0.398. The van der Waals surface area contributed by atoms with Gasteiger partial charge in [0.2, 0.25) is 5.91 Å². The van der Waals surface area contributed by atoms with Crippen molar-refractivity contribution in [2.45, 2.75) is 46.1 Å². The Balaban J connectivity index is 1.76. The van der Waals surface area contributed by atoms with Gasteiger partial charge in [-0.2, -0.15) is 0 Å². The minimum absolute atomic E-state index is 0.110. The Morgan fingerprint density at radius 3 is 2.19 bits per heavy atom. The second kappa shape index (κ2) is 11.7. The van der Waals surface area contributed by atoms with Crippen LogP contribution in [0.2, 0.25) is 0 Å². The lowest BCUT2D eigenvalue weighted by Gasteiger charge is -2.20. The van der Waals surface area contributed by atoms with E-state index in [0.29, 0.717) is 36.3 Å². The molecule has 0 unspecified atom stereocenters. The summed E-state index contributed by atoms with van der Waals surface area (Å²) in [4.78, 5) is 36.3. The Labute approximate surface area is 189 Å². The Bertz CT molecular complexity index is 960. The fourth-order valence-electron chi connectivity index (χ4n) is 2.71. The number of hydrogen-bond acceptors (Lipinski definition) is 4. The number of hydrogen-bond donors (Lipinski definition) is 3. The molecule has 7 heteroatoms. The van der Waals surface area contributed by atoms with Crippen molar-refractivity contribution in [1.82, 2.24) is 5.32 Å². The molecule has 0 radical (unpaired) electrons. The van der Waals surface area contributed by atoms with Crippen LogP contribution in [-0.2, 0) is 9.53 Å². The molecule has 0 aromatic heterocycles. The van der Waals surface area contributed by atoms with Crippen LogP contribution >= 0.6 is 0 Å². The number of allylic oxidation sites excluding steroid dienone is 1. The number of ether oxygens (including phenoxy) is 1. The lowest BCUT2D eigenvalue weighted by atomic mass is 10.1. The number of amides is 3. The van der Waals surface area contributed by atoms with Crippen LogP contribution in [0.1, 0.15) is 49.5 Å². The maximum atomic E-state index is 12.2. The average molecular weight is 438 g/mol. The number of carbonyl (C=O) groups is 3. The van der Waals surface area contributed by atoms with E-state index in [0.717, 1.165) is 5.56 Å². The molecule has 0 fully saturated rings. The molecular weight excluding hydrogens is 406 g/mol. The third kappa shape index (κ3) is 9.04. The number of carbonyl (C=O) groups excluding carboxylic acids is 3. The minimum Gasteiger partial charge on any atom is -0.444 e. The zero-order chi connectivity index (χ0) is 23.6. The van der Waals surface area contributed by atoms with Gasteiger partial charge >= 0.3 is 6.09 Å². The summed E-state index contributed by atoms with van der Waals surface area (Å²) in [5, 5.41) is 8.25. The molecule has 2 aromatic carbocycles. The van der Waals surface area contributed by atoms with Crippen LogP contribution in [0.3, 0.4) is 0 Å². The lowest BCUT2D eigenvalue weighted by molar-refractivity contribution is -0.111. The molecule has 7 nitrogen and oxygen atoms in total. The molecule has 0 spiro atoms. The Kier molecular flexibility index (Phi) is 9.01. The highest BCUT2D eigenvalue weighted by Crippen LogP contribution is 2.22. The van der Waals surface area contributed by atoms with Crippen LogP contribution in [0.4, 0.5) is 16.2 Å². The molecule has 0 aliphatic heterocycles. The molecule has 0 aliphatic carbocycles. The van der Waals surface area contributed by atoms with Crippen LogP contribution in [0.25, 0.3) is 0 Å². The van der Waals surface area contributed by atoms with E-state index >= 15 is 0 Å². The molecule has 3 amide bonds. The third-order valence-corrected chi connectivity index (χ3v) is 4.24. The number of para-hydroxylation sites is 2. The first-order valence-electron chi connectivity index (χ1n) is 10.6. The van der Waals surface area contributed by atoms with Gasteiger partial charge in [-0.1, -0.05) is 35.9 Å². The third-order valence-electron chi connectivity index (χ3n) is 4.24. The number of aryl methyl sites for hydroxylation is 1. The molecule has 3 N–H and O–H groups in total. The highest BCUT2D eigenvalue weighted by atomic mass is 16.6. The average Bonchev–Trinajstić information content (AvgIpc) is 2.71. The predicted molar refractivity (Wildman–Crippen MR) is 127 cm³/mol. The van der Waals surface area contributed by atoms with Gasteiger partial charge in [-0.25, -0.2) is 4.79 Å². The van der Waals surface area contributed by atoms with Crippen LogP contribution in [0, 0.1) is 6.92 Å². The maximum Gasteiger partial charge on any atom is 0.412 e. The van der Waals surface area contributed by atoms with E-state index in [1.54, 1.807) is 63.2 Å². The summed E-state index contributed by atoms with van der Waals surface area (Å²) in [5.74, 6) is -0.423. The van der Waals surface area contributed by atoms with Gasteiger partial charge in [-0.15, -0.1) is 0 Å². The molecule has 0 aliphatic rings. The first-order valence-corrected chi connectivity index (χ1v) is 10.6. The van der Waals surface area contributed by atoms with Crippen molar-refractivity contribution in [1.29, 1.82) is 0 Å². The van der Waals surface area contributed by atoms with Gasteiger partial charge in [-0.3, -0.25) is 14.9 Å². The second-order valence-electron chi connectivity index (χ2n) is 8.33. The molecule has 2 rings (SSSR count). The van der Waals surface area contributed by atoms with Crippen LogP contribution in [0.15, 0.2) is 60.7 Å². The number of anilines is 2. The topological polar surface area (TPSA) is 96.5 Å². The van der Waals surface area contributed by atoms with Crippen molar-refractivity contribution in [3.05, 3.63) is 71.8 Å². The number of unbranched alkanes of at least 4 members (excludes halogenated alkanes) is 1. The van der Waals surface area contributed by atoms with Gasteiger partial charge in [0.25, 0.3) is 5.91 Å². The molecule has 0 atom stereocenters. The van der Waals surface area contributed by atoms with Crippen molar-refractivity contribution in [3.8, 4) is 0 Å². The van der Waals surface area contributed by atoms with E-state index in [1.807, 2.05) is 19.1 Å². The van der Waals surface area contributed by atoms with Crippen molar-refractivity contribution in [2.24, 2.45) is 0 Å². The summed E-state index contributed by atoms with van der Waals surface area (Å²) in [7, 11) is 0. The van der Waals surface area contributed by atoms with Gasteiger partial charge in [0.1, 0.15) is 5.60 Å². The second-order valence-corrected chi connectivity index (χ2v) is 8.33.